The monoisotopic (exact) mass is 314 g/mol. The van der Waals surface area contributed by atoms with Crippen molar-refractivity contribution in [3.8, 4) is 11.5 Å². The molecule has 0 heterocycles. The maximum Gasteiger partial charge on any atom is 0.307 e. The van der Waals surface area contributed by atoms with Crippen LogP contribution in [-0.2, 0) is 4.79 Å². The highest BCUT2D eigenvalue weighted by Gasteiger charge is 2.10. The lowest BCUT2D eigenvalue weighted by Crippen LogP contribution is -1.94. The fourth-order valence-corrected chi connectivity index (χ4v) is 2.14. The zero-order valence-corrected chi connectivity index (χ0v) is 12.1. The molecule has 0 aliphatic rings. The molecule has 0 bridgehead atoms. The number of carbonyl (C=O) groups is 1. The Kier molecular flexibility index (Phi) is 5.22. The zero-order chi connectivity index (χ0) is 13.7. The van der Waals surface area contributed by atoms with Crippen molar-refractivity contribution in [1.29, 1.82) is 0 Å². The van der Waals surface area contributed by atoms with Crippen LogP contribution in [0.2, 0.25) is 0 Å². The Morgan fingerprint density at radius 2 is 1.89 bits per heavy atom. The molecule has 0 atom stereocenters. The van der Waals surface area contributed by atoms with E-state index in [2.05, 4.69) is 15.9 Å². The van der Waals surface area contributed by atoms with Gasteiger partial charge in [0.25, 0.3) is 0 Å². The van der Waals surface area contributed by atoms with Gasteiger partial charge in [-0.15, -0.1) is 0 Å². The van der Waals surface area contributed by atoms with Crippen LogP contribution in [0.3, 0.4) is 0 Å². The predicted octanol–water partition coefficient (Wildman–Crippen LogP) is 3.34. The summed E-state index contributed by atoms with van der Waals surface area (Å²) in [7, 11) is 3.13. The van der Waals surface area contributed by atoms with Gasteiger partial charge in [0.2, 0.25) is 0 Å². The van der Waals surface area contributed by atoms with Crippen LogP contribution in [0.1, 0.15) is 18.9 Å². The third-order valence-corrected chi connectivity index (χ3v) is 3.14. The summed E-state index contributed by atoms with van der Waals surface area (Å²) in [5, 5.41) is 8.66. The molecule has 0 saturated carbocycles. The smallest absolute Gasteiger partial charge is 0.307 e. The van der Waals surface area contributed by atoms with Crippen LogP contribution in [0.25, 0.3) is 5.57 Å². The normalized spacial score (nSPS) is 11.2. The molecule has 0 fully saturated rings. The average molecular weight is 315 g/mol. The van der Waals surface area contributed by atoms with E-state index in [0.717, 1.165) is 15.6 Å². The molecule has 5 heteroatoms. The summed E-state index contributed by atoms with van der Waals surface area (Å²) < 4.78 is 11.2. The predicted molar refractivity (Wildman–Crippen MR) is 73.1 cm³/mol. The van der Waals surface area contributed by atoms with Crippen LogP contribution in [0.4, 0.5) is 0 Å². The van der Waals surface area contributed by atoms with E-state index in [4.69, 9.17) is 14.6 Å². The summed E-state index contributed by atoms with van der Waals surface area (Å²) in [6.07, 6.45) is 1.65. The Balaban J connectivity index is 3.16. The van der Waals surface area contributed by atoms with Gasteiger partial charge in [-0.2, -0.15) is 0 Å². The van der Waals surface area contributed by atoms with Crippen molar-refractivity contribution in [2.24, 2.45) is 0 Å². The molecular weight excluding hydrogens is 300 g/mol. The zero-order valence-electron chi connectivity index (χ0n) is 10.5. The highest BCUT2D eigenvalue weighted by molar-refractivity contribution is 9.10. The SMILES string of the molecule is COc1cc(Br)c(/C(C)=C/CC(=O)O)cc1OC. The summed E-state index contributed by atoms with van der Waals surface area (Å²) in [4.78, 5) is 10.5. The number of ether oxygens (including phenoxy) is 2. The second-order valence-corrected chi connectivity index (χ2v) is 4.53. The van der Waals surface area contributed by atoms with Crippen LogP contribution in [-0.4, -0.2) is 25.3 Å². The molecule has 98 valence electrons. The van der Waals surface area contributed by atoms with E-state index >= 15 is 0 Å². The first-order valence-corrected chi connectivity index (χ1v) is 6.09. The molecule has 1 aromatic rings. The number of benzene rings is 1. The van der Waals surface area contributed by atoms with Crippen LogP contribution < -0.4 is 9.47 Å². The van der Waals surface area contributed by atoms with Gasteiger partial charge in [-0.05, 0) is 30.2 Å². The Labute approximate surface area is 114 Å². The highest BCUT2D eigenvalue weighted by atomic mass is 79.9. The number of hydrogen-bond donors (Lipinski definition) is 1. The second-order valence-electron chi connectivity index (χ2n) is 3.67. The van der Waals surface area contributed by atoms with Crippen LogP contribution in [0.5, 0.6) is 11.5 Å². The molecule has 0 spiro atoms. The Morgan fingerprint density at radius 3 is 2.39 bits per heavy atom. The fraction of sp³-hybridized carbons (Fsp3) is 0.308. The summed E-state index contributed by atoms with van der Waals surface area (Å²) in [5.41, 5.74) is 1.75. The number of carboxylic acid groups (broad SMARTS) is 1. The standard InChI is InChI=1S/C13H15BrO4/c1-8(4-5-13(15)16)9-6-11(17-2)12(18-3)7-10(9)14/h4,6-7H,5H2,1-3H3,(H,15,16)/b8-4+. The molecule has 0 unspecified atom stereocenters. The molecular formula is C13H15BrO4. The molecule has 1 N–H and O–H groups in total. The van der Waals surface area contributed by atoms with Crippen LogP contribution >= 0.6 is 15.9 Å². The highest BCUT2D eigenvalue weighted by Crippen LogP contribution is 2.36. The number of halogens is 1. The molecule has 1 aromatic carbocycles. The van der Waals surface area contributed by atoms with E-state index in [1.165, 1.54) is 0 Å². The lowest BCUT2D eigenvalue weighted by Gasteiger charge is -2.12. The number of carboxylic acids is 1. The minimum atomic E-state index is -0.856. The Hall–Kier alpha value is -1.49. The first kappa shape index (κ1) is 14.6. The summed E-state index contributed by atoms with van der Waals surface area (Å²) in [5.74, 6) is 0.379. The first-order chi connectivity index (χ1) is 8.49. The third kappa shape index (κ3) is 3.50. The number of allylic oxidation sites excluding steroid dienone is 1. The molecule has 18 heavy (non-hydrogen) atoms. The minimum Gasteiger partial charge on any atom is -0.493 e. The number of aliphatic carboxylic acids is 1. The Morgan fingerprint density at radius 1 is 1.33 bits per heavy atom. The van der Waals surface area contributed by atoms with Gasteiger partial charge in [-0.3, -0.25) is 4.79 Å². The van der Waals surface area contributed by atoms with Gasteiger partial charge in [0, 0.05) is 4.47 Å². The van der Waals surface area contributed by atoms with E-state index < -0.39 is 5.97 Å². The molecule has 1 rings (SSSR count). The van der Waals surface area contributed by atoms with Gasteiger partial charge in [-0.25, -0.2) is 0 Å². The van der Waals surface area contributed by atoms with Crippen molar-refractivity contribution < 1.29 is 19.4 Å². The largest absolute Gasteiger partial charge is 0.493 e. The number of methoxy groups -OCH3 is 2. The fourth-order valence-electron chi connectivity index (χ4n) is 1.51. The number of hydrogen-bond acceptors (Lipinski definition) is 3. The van der Waals surface area contributed by atoms with Gasteiger partial charge in [0.1, 0.15) is 0 Å². The van der Waals surface area contributed by atoms with Gasteiger partial charge < -0.3 is 14.6 Å². The lowest BCUT2D eigenvalue weighted by molar-refractivity contribution is -0.135. The van der Waals surface area contributed by atoms with E-state index in [9.17, 15) is 4.79 Å². The molecule has 0 aromatic heterocycles. The summed E-state index contributed by atoms with van der Waals surface area (Å²) in [6.45, 7) is 1.86. The number of rotatable bonds is 5. The van der Waals surface area contributed by atoms with Crippen molar-refractivity contribution >= 4 is 27.5 Å². The summed E-state index contributed by atoms with van der Waals surface area (Å²) >= 11 is 3.44. The average Bonchev–Trinajstić information content (AvgIpc) is 2.35. The van der Waals surface area contributed by atoms with E-state index in [1.54, 1.807) is 26.4 Å². The topological polar surface area (TPSA) is 55.8 Å². The van der Waals surface area contributed by atoms with E-state index in [-0.39, 0.29) is 6.42 Å². The van der Waals surface area contributed by atoms with Gasteiger partial charge in [0.15, 0.2) is 11.5 Å². The molecule has 4 nitrogen and oxygen atoms in total. The quantitative estimate of drug-likeness (QED) is 0.905. The van der Waals surface area contributed by atoms with E-state index in [1.807, 2.05) is 13.0 Å². The molecule has 0 amide bonds. The molecule has 0 aliphatic heterocycles. The Bertz CT molecular complexity index is 480. The van der Waals surface area contributed by atoms with Gasteiger partial charge in [0.05, 0.1) is 20.6 Å². The van der Waals surface area contributed by atoms with Crippen LogP contribution in [0, 0.1) is 0 Å². The van der Waals surface area contributed by atoms with Crippen LogP contribution in [0.15, 0.2) is 22.7 Å². The minimum absolute atomic E-state index is 0.00732. The first-order valence-electron chi connectivity index (χ1n) is 5.30. The van der Waals surface area contributed by atoms with Crippen molar-refractivity contribution in [2.75, 3.05) is 14.2 Å². The molecule has 0 saturated heterocycles. The summed E-state index contributed by atoms with van der Waals surface area (Å²) in [6, 6.07) is 3.61. The maximum atomic E-state index is 10.5. The lowest BCUT2D eigenvalue weighted by atomic mass is 10.1. The van der Waals surface area contributed by atoms with Crippen molar-refractivity contribution in [3.05, 3.63) is 28.2 Å². The maximum absolute atomic E-state index is 10.5. The van der Waals surface area contributed by atoms with Crippen molar-refractivity contribution in [3.63, 3.8) is 0 Å². The van der Waals surface area contributed by atoms with Gasteiger partial charge in [-0.1, -0.05) is 22.0 Å². The third-order valence-electron chi connectivity index (χ3n) is 2.48. The van der Waals surface area contributed by atoms with Crippen molar-refractivity contribution in [1.82, 2.24) is 0 Å². The van der Waals surface area contributed by atoms with Crippen molar-refractivity contribution in [2.45, 2.75) is 13.3 Å². The second kappa shape index (κ2) is 6.44. The molecule has 0 aliphatic carbocycles. The molecule has 0 radical (unpaired) electrons. The van der Waals surface area contributed by atoms with Gasteiger partial charge >= 0.3 is 5.97 Å². The van der Waals surface area contributed by atoms with E-state index in [0.29, 0.717) is 11.5 Å².